The fourth-order valence-corrected chi connectivity index (χ4v) is 2.96. The molecule has 0 bridgehead atoms. The number of carbonyl (C=O) groups is 2. The third-order valence-electron chi connectivity index (χ3n) is 4.02. The predicted octanol–water partition coefficient (Wildman–Crippen LogP) is 0.819. The van der Waals surface area contributed by atoms with Crippen molar-refractivity contribution in [1.82, 2.24) is 4.90 Å². The van der Waals surface area contributed by atoms with Crippen molar-refractivity contribution in [1.29, 1.82) is 0 Å². The third-order valence-corrected chi connectivity index (χ3v) is 4.02. The number of carbonyl (C=O) groups excluding carboxylic acids is 2. The van der Waals surface area contributed by atoms with Crippen LogP contribution in [0.3, 0.4) is 0 Å². The zero-order chi connectivity index (χ0) is 11.8. The highest BCUT2D eigenvalue weighted by Crippen LogP contribution is 2.39. The predicted molar refractivity (Wildman–Crippen MR) is 60.4 cm³/mol. The SMILES string of the molecule is CC1CCCCC1(CN)N1C(=O)C=CC1=O. The molecule has 2 unspecified atom stereocenters. The van der Waals surface area contributed by atoms with E-state index in [-0.39, 0.29) is 11.8 Å². The zero-order valence-corrected chi connectivity index (χ0v) is 9.61. The smallest absolute Gasteiger partial charge is 0.254 e. The Morgan fingerprint density at radius 1 is 1.38 bits per heavy atom. The minimum Gasteiger partial charge on any atom is -0.328 e. The van der Waals surface area contributed by atoms with E-state index in [0.29, 0.717) is 12.5 Å². The maximum absolute atomic E-state index is 11.8. The molecule has 4 nitrogen and oxygen atoms in total. The fourth-order valence-electron chi connectivity index (χ4n) is 2.96. The molecular formula is C12H18N2O2. The Hall–Kier alpha value is -1.16. The van der Waals surface area contributed by atoms with Crippen LogP contribution in [-0.4, -0.2) is 28.8 Å². The third kappa shape index (κ3) is 1.48. The first-order valence-electron chi connectivity index (χ1n) is 5.88. The van der Waals surface area contributed by atoms with Crippen LogP contribution in [0.25, 0.3) is 0 Å². The molecular weight excluding hydrogens is 204 g/mol. The lowest BCUT2D eigenvalue weighted by atomic mass is 9.72. The molecule has 2 rings (SSSR count). The van der Waals surface area contributed by atoms with Crippen LogP contribution in [0, 0.1) is 5.92 Å². The molecule has 0 aromatic heterocycles. The molecule has 88 valence electrons. The minimum atomic E-state index is -0.448. The van der Waals surface area contributed by atoms with Crippen molar-refractivity contribution >= 4 is 11.8 Å². The van der Waals surface area contributed by atoms with Gasteiger partial charge in [0.25, 0.3) is 11.8 Å². The molecule has 0 saturated heterocycles. The standard InChI is InChI=1S/C12H18N2O2/c1-9-4-2-3-7-12(9,8-13)14-10(15)5-6-11(14)16/h5-6,9H,2-4,7-8,13H2,1H3. The van der Waals surface area contributed by atoms with Crippen LogP contribution >= 0.6 is 0 Å². The van der Waals surface area contributed by atoms with E-state index in [2.05, 4.69) is 6.92 Å². The molecule has 2 atom stereocenters. The Morgan fingerprint density at radius 3 is 2.50 bits per heavy atom. The van der Waals surface area contributed by atoms with Crippen LogP contribution in [0.2, 0.25) is 0 Å². The van der Waals surface area contributed by atoms with Gasteiger partial charge in [-0.2, -0.15) is 0 Å². The number of imide groups is 1. The maximum atomic E-state index is 11.8. The van der Waals surface area contributed by atoms with E-state index in [1.165, 1.54) is 17.1 Å². The van der Waals surface area contributed by atoms with Crippen LogP contribution in [0.1, 0.15) is 32.6 Å². The van der Waals surface area contributed by atoms with Crippen molar-refractivity contribution in [2.24, 2.45) is 11.7 Å². The first kappa shape index (κ1) is 11.3. The van der Waals surface area contributed by atoms with Crippen molar-refractivity contribution < 1.29 is 9.59 Å². The first-order valence-corrected chi connectivity index (χ1v) is 5.88. The summed E-state index contributed by atoms with van der Waals surface area (Å²) in [7, 11) is 0. The Labute approximate surface area is 95.5 Å². The maximum Gasteiger partial charge on any atom is 0.254 e. The van der Waals surface area contributed by atoms with Gasteiger partial charge in [0.15, 0.2) is 0 Å². The summed E-state index contributed by atoms with van der Waals surface area (Å²) in [6.45, 7) is 2.46. The quantitative estimate of drug-likeness (QED) is 0.703. The topological polar surface area (TPSA) is 63.4 Å². The van der Waals surface area contributed by atoms with E-state index < -0.39 is 5.54 Å². The van der Waals surface area contributed by atoms with Crippen molar-refractivity contribution in [3.63, 3.8) is 0 Å². The second-order valence-electron chi connectivity index (χ2n) is 4.80. The average Bonchev–Trinajstić information content (AvgIpc) is 2.61. The molecule has 16 heavy (non-hydrogen) atoms. The summed E-state index contributed by atoms with van der Waals surface area (Å²) in [4.78, 5) is 24.9. The van der Waals surface area contributed by atoms with Gasteiger partial charge in [0.05, 0.1) is 5.54 Å². The summed E-state index contributed by atoms with van der Waals surface area (Å²) in [5.74, 6) is -0.118. The molecule has 0 radical (unpaired) electrons. The van der Waals surface area contributed by atoms with Gasteiger partial charge in [-0.15, -0.1) is 0 Å². The van der Waals surface area contributed by atoms with Crippen molar-refractivity contribution in [3.8, 4) is 0 Å². The second-order valence-corrected chi connectivity index (χ2v) is 4.80. The Kier molecular flexibility index (Phi) is 2.84. The van der Waals surface area contributed by atoms with Crippen molar-refractivity contribution in [3.05, 3.63) is 12.2 Å². The molecule has 2 N–H and O–H groups in total. The summed E-state index contributed by atoms with van der Waals surface area (Å²) in [6, 6.07) is 0. The van der Waals surface area contributed by atoms with Crippen molar-refractivity contribution in [2.45, 2.75) is 38.1 Å². The molecule has 1 aliphatic heterocycles. The van der Waals surface area contributed by atoms with Crippen LogP contribution in [-0.2, 0) is 9.59 Å². The Balaban J connectivity index is 2.33. The molecule has 4 heteroatoms. The highest BCUT2D eigenvalue weighted by molar-refractivity contribution is 6.13. The van der Waals surface area contributed by atoms with Gasteiger partial charge in [-0.05, 0) is 18.8 Å². The van der Waals surface area contributed by atoms with E-state index in [0.717, 1.165) is 25.7 Å². The molecule has 1 saturated carbocycles. The lowest BCUT2D eigenvalue weighted by Crippen LogP contribution is -2.61. The number of rotatable bonds is 2. The molecule has 1 heterocycles. The Bertz CT molecular complexity index is 333. The molecule has 2 amide bonds. The Morgan fingerprint density at radius 2 is 2.00 bits per heavy atom. The molecule has 0 aromatic carbocycles. The van der Waals surface area contributed by atoms with E-state index in [9.17, 15) is 9.59 Å². The van der Waals surface area contributed by atoms with E-state index in [1.807, 2.05) is 0 Å². The van der Waals surface area contributed by atoms with E-state index in [1.54, 1.807) is 0 Å². The van der Waals surface area contributed by atoms with Gasteiger partial charge in [-0.25, -0.2) is 0 Å². The summed E-state index contributed by atoms with van der Waals surface area (Å²) in [6.07, 6.45) is 6.77. The minimum absolute atomic E-state index is 0.204. The first-order chi connectivity index (χ1) is 7.62. The van der Waals surface area contributed by atoms with Gasteiger partial charge in [0, 0.05) is 18.7 Å². The number of nitrogens with zero attached hydrogens (tertiary/aromatic N) is 1. The van der Waals surface area contributed by atoms with Gasteiger partial charge in [-0.1, -0.05) is 19.8 Å². The molecule has 0 aromatic rings. The van der Waals surface area contributed by atoms with Crippen LogP contribution in [0.15, 0.2) is 12.2 Å². The second kappa shape index (κ2) is 4.01. The molecule has 0 spiro atoms. The highest BCUT2D eigenvalue weighted by atomic mass is 16.2. The van der Waals surface area contributed by atoms with Crippen LogP contribution < -0.4 is 5.73 Å². The van der Waals surface area contributed by atoms with Crippen LogP contribution in [0.4, 0.5) is 0 Å². The lowest BCUT2D eigenvalue weighted by Gasteiger charge is -2.47. The summed E-state index contributed by atoms with van der Waals surface area (Å²) >= 11 is 0. The monoisotopic (exact) mass is 222 g/mol. The number of hydrogen-bond acceptors (Lipinski definition) is 3. The summed E-state index contributed by atoms with van der Waals surface area (Å²) in [5, 5.41) is 0. The largest absolute Gasteiger partial charge is 0.328 e. The van der Waals surface area contributed by atoms with Crippen molar-refractivity contribution in [2.75, 3.05) is 6.54 Å². The number of nitrogens with two attached hydrogens (primary N) is 1. The highest BCUT2D eigenvalue weighted by Gasteiger charge is 2.47. The van der Waals surface area contributed by atoms with Crippen LogP contribution in [0.5, 0.6) is 0 Å². The molecule has 2 aliphatic rings. The molecule has 1 fully saturated rings. The van der Waals surface area contributed by atoms with Gasteiger partial charge < -0.3 is 5.73 Å². The average molecular weight is 222 g/mol. The fraction of sp³-hybridized carbons (Fsp3) is 0.667. The van der Waals surface area contributed by atoms with Gasteiger partial charge in [-0.3, -0.25) is 14.5 Å². The summed E-state index contributed by atoms with van der Waals surface area (Å²) in [5.41, 5.74) is 5.41. The lowest BCUT2D eigenvalue weighted by molar-refractivity contribution is -0.147. The van der Waals surface area contributed by atoms with Gasteiger partial charge in [0.1, 0.15) is 0 Å². The van der Waals surface area contributed by atoms with E-state index in [4.69, 9.17) is 5.73 Å². The van der Waals surface area contributed by atoms with Gasteiger partial charge in [0.2, 0.25) is 0 Å². The van der Waals surface area contributed by atoms with E-state index >= 15 is 0 Å². The number of hydrogen-bond donors (Lipinski definition) is 1. The molecule has 1 aliphatic carbocycles. The summed E-state index contributed by atoms with van der Waals surface area (Å²) < 4.78 is 0. The normalized spacial score (nSPS) is 34.9. The van der Waals surface area contributed by atoms with Gasteiger partial charge >= 0.3 is 0 Å². The number of amides is 2. The zero-order valence-electron chi connectivity index (χ0n) is 9.61.